The van der Waals surface area contributed by atoms with E-state index in [1.807, 2.05) is 26.8 Å². The molecular formula is C41H57N3O15. The Balaban J connectivity index is 0.000000451. The Bertz CT molecular complexity index is 2010. The summed E-state index contributed by atoms with van der Waals surface area (Å²) in [4.78, 5) is 83.3. The van der Waals surface area contributed by atoms with Gasteiger partial charge in [-0.25, -0.2) is 47.3 Å². The molecule has 0 aliphatic carbocycles. The summed E-state index contributed by atoms with van der Waals surface area (Å²) in [6.07, 6.45) is -0.0432. The lowest BCUT2D eigenvalue weighted by Gasteiger charge is -2.21. The number of nitrogens with zero attached hydrogens (tertiary/aromatic N) is 3. The van der Waals surface area contributed by atoms with E-state index in [9.17, 15) is 48.9 Å². The molecule has 326 valence electrons. The Morgan fingerprint density at radius 2 is 1.17 bits per heavy atom. The molecule has 3 aromatic rings. The maximum atomic E-state index is 12.4. The molecule has 2 aromatic carbocycles. The number of methoxy groups -OCH3 is 4. The van der Waals surface area contributed by atoms with Crippen LogP contribution in [0.4, 0.5) is 0 Å². The minimum absolute atomic E-state index is 0.0532. The third kappa shape index (κ3) is 15.1. The van der Waals surface area contributed by atoms with Crippen molar-refractivity contribution < 1.29 is 58.2 Å². The van der Waals surface area contributed by atoms with Crippen LogP contribution in [0.2, 0.25) is 0 Å². The summed E-state index contributed by atoms with van der Waals surface area (Å²) >= 11 is 0. The van der Waals surface area contributed by atoms with Gasteiger partial charge < -0.3 is 39.0 Å². The van der Waals surface area contributed by atoms with Gasteiger partial charge >= 0.3 is 40.9 Å². The Hall–Kier alpha value is -5.85. The van der Waals surface area contributed by atoms with Gasteiger partial charge in [0, 0.05) is 7.11 Å². The van der Waals surface area contributed by atoms with E-state index in [0.29, 0.717) is 12.8 Å². The van der Waals surface area contributed by atoms with Gasteiger partial charge in [0.25, 0.3) is 0 Å². The molecule has 18 heteroatoms. The number of carbonyl (C=O) groups excluding carboxylic acids is 4. The first-order chi connectivity index (χ1) is 27.6. The molecule has 0 aliphatic rings. The number of aromatic hydroxyl groups is 1. The van der Waals surface area contributed by atoms with E-state index in [4.69, 9.17) is 14.2 Å². The second kappa shape index (κ2) is 24.2. The zero-order valence-corrected chi connectivity index (χ0v) is 35.3. The van der Waals surface area contributed by atoms with E-state index in [1.54, 1.807) is 32.9 Å². The average Bonchev–Trinajstić information content (AvgIpc) is 3.21. The molecule has 0 fully saturated rings. The van der Waals surface area contributed by atoms with Crippen LogP contribution in [0.1, 0.15) is 101 Å². The molecule has 0 saturated heterocycles. The molecule has 1 aromatic heterocycles. The van der Waals surface area contributed by atoms with Crippen LogP contribution in [0.25, 0.3) is 0 Å². The Morgan fingerprint density at radius 3 is 1.56 bits per heavy atom. The van der Waals surface area contributed by atoms with Crippen molar-refractivity contribution in [2.75, 3.05) is 35.0 Å². The zero-order valence-electron chi connectivity index (χ0n) is 35.3. The van der Waals surface area contributed by atoms with Crippen molar-refractivity contribution in [3.05, 3.63) is 108 Å². The van der Waals surface area contributed by atoms with Gasteiger partial charge in [0.15, 0.2) is 0 Å². The number of aliphatic hydroxyl groups is 2. The first kappa shape index (κ1) is 51.2. The SMILES string of the molecule is C=CCn1c(=O)n(CC(O)CC)c(=O)n(CC(O)CC)c1=O.COC(=O)c1cc(O)cc(C(=O)OC)c1.COCC(C)OC(=O)c1cc(C(C)(C)C)ccc1C(=O)OC. The number of ether oxygens (including phenoxy) is 5. The van der Waals surface area contributed by atoms with Crippen molar-refractivity contribution in [1.82, 2.24) is 13.7 Å². The fraction of sp³-hybridized carbons (Fsp3) is 0.488. The van der Waals surface area contributed by atoms with Gasteiger partial charge in [-0.05, 0) is 61.1 Å². The molecule has 0 amide bonds. The summed E-state index contributed by atoms with van der Waals surface area (Å²) in [6, 6.07) is 8.81. The molecular weight excluding hydrogens is 774 g/mol. The van der Waals surface area contributed by atoms with Gasteiger partial charge in [0.2, 0.25) is 0 Å². The topological polar surface area (TPSA) is 241 Å². The average molecular weight is 832 g/mol. The lowest BCUT2D eigenvalue weighted by atomic mass is 9.85. The number of aliphatic hydroxyl groups excluding tert-OH is 2. The number of esters is 4. The molecule has 0 saturated carbocycles. The predicted octanol–water partition coefficient (Wildman–Crippen LogP) is 2.83. The van der Waals surface area contributed by atoms with Crippen molar-refractivity contribution in [1.29, 1.82) is 0 Å². The number of aromatic nitrogens is 3. The fourth-order valence-corrected chi connectivity index (χ4v) is 5.03. The Kier molecular flexibility index (Phi) is 21.0. The molecule has 0 spiro atoms. The first-order valence-corrected chi connectivity index (χ1v) is 18.5. The normalized spacial score (nSPS) is 12.3. The summed E-state index contributed by atoms with van der Waals surface area (Å²) in [6.45, 7) is 14.6. The first-order valence-electron chi connectivity index (χ1n) is 18.5. The van der Waals surface area contributed by atoms with Crippen molar-refractivity contribution in [2.45, 2.75) is 97.7 Å². The summed E-state index contributed by atoms with van der Waals surface area (Å²) in [5, 5.41) is 28.7. The molecule has 0 aliphatic heterocycles. The molecule has 0 bridgehead atoms. The van der Waals surface area contributed by atoms with Crippen LogP contribution < -0.4 is 17.1 Å². The van der Waals surface area contributed by atoms with E-state index in [-0.39, 0.29) is 59.7 Å². The number of hydrogen-bond donors (Lipinski definition) is 3. The Morgan fingerprint density at radius 1 is 0.712 bits per heavy atom. The highest BCUT2D eigenvalue weighted by molar-refractivity contribution is 6.03. The van der Waals surface area contributed by atoms with E-state index < -0.39 is 59.3 Å². The van der Waals surface area contributed by atoms with Gasteiger partial charge in [-0.15, -0.1) is 6.58 Å². The summed E-state index contributed by atoms with van der Waals surface area (Å²) in [5.41, 5.74) is -1.01. The number of benzene rings is 2. The second-order valence-corrected chi connectivity index (χ2v) is 14.0. The monoisotopic (exact) mass is 831 g/mol. The molecule has 3 rings (SSSR count). The quantitative estimate of drug-likeness (QED) is 0.113. The van der Waals surface area contributed by atoms with Crippen LogP contribution in [0.15, 0.2) is 63.4 Å². The minimum atomic E-state index is -0.871. The fourth-order valence-electron chi connectivity index (χ4n) is 5.03. The lowest BCUT2D eigenvalue weighted by Crippen LogP contribution is -2.56. The number of phenols is 1. The molecule has 3 atom stereocenters. The zero-order chi connectivity index (χ0) is 45.2. The summed E-state index contributed by atoms with van der Waals surface area (Å²) in [5.74, 6) is -2.58. The summed E-state index contributed by atoms with van der Waals surface area (Å²) in [7, 11) is 5.24. The molecule has 0 radical (unpaired) electrons. The molecule has 59 heavy (non-hydrogen) atoms. The highest BCUT2D eigenvalue weighted by Gasteiger charge is 2.24. The van der Waals surface area contributed by atoms with Gasteiger partial charge in [-0.2, -0.15) is 0 Å². The molecule has 3 N–H and O–H groups in total. The smallest absolute Gasteiger partial charge is 0.339 e. The van der Waals surface area contributed by atoms with Gasteiger partial charge in [-0.1, -0.05) is 46.8 Å². The standard InChI is InChI=1S/C17H24O5.C14H23N3O5.C10H10O5/c1-11(10-20-5)22-16(19)14-9-12(17(2,3)4)7-8-13(14)15(18)21-6;1-4-7-15-12(20)16(8-10(18)5-2)14(22)17(13(15)21)9-11(19)6-3;1-14-9(12)6-3-7(10(13)15-2)5-8(11)4-6/h7-9,11H,10H2,1-6H3;4,10-11,18-19H,1,5-9H2,2-3H3;3-5,11H,1-2H3. The van der Waals surface area contributed by atoms with Crippen LogP contribution in [0, 0.1) is 0 Å². The highest BCUT2D eigenvalue weighted by Crippen LogP contribution is 2.26. The van der Waals surface area contributed by atoms with Gasteiger partial charge in [0.1, 0.15) is 11.9 Å². The molecule has 3 unspecified atom stereocenters. The minimum Gasteiger partial charge on any atom is -0.508 e. The number of rotatable bonds is 15. The number of phenolic OH excluding ortho intramolecular Hbond substituents is 1. The summed E-state index contributed by atoms with van der Waals surface area (Å²) < 4.78 is 26.4. The largest absolute Gasteiger partial charge is 0.508 e. The van der Waals surface area contributed by atoms with Crippen molar-refractivity contribution in [3.63, 3.8) is 0 Å². The van der Waals surface area contributed by atoms with Crippen molar-refractivity contribution in [3.8, 4) is 5.75 Å². The van der Waals surface area contributed by atoms with Crippen molar-refractivity contribution in [2.24, 2.45) is 0 Å². The van der Waals surface area contributed by atoms with E-state index in [2.05, 4.69) is 16.1 Å². The van der Waals surface area contributed by atoms with Crippen LogP contribution >= 0.6 is 0 Å². The van der Waals surface area contributed by atoms with Crippen LogP contribution in [-0.2, 0) is 48.7 Å². The third-order valence-corrected chi connectivity index (χ3v) is 8.41. The van der Waals surface area contributed by atoms with Gasteiger partial charge in [0.05, 0.1) is 82.0 Å². The van der Waals surface area contributed by atoms with E-state index in [1.165, 1.54) is 52.7 Å². The highest BCUT2D eigenvalue weighted by atomic mass is 16.6. The van der Waals surface area contributed by atoms with E-state index in [0.717, 1.165) is 19.3 Å². The second-order valence-electron chi connectivity index (χ2n) is 14.0. The van der Waals surface area contributed by atoms with E-state index >= 15 is 0 Å². The van der Waals surface area contributed by atoms with Crippen LogP contribution in [0.5, 0.6) is 5.75 Å². The maximum absolute atomic E-state index is 12.4. The predicted molar refractivity (Wildman–Crippen MR) is 216 cm³/mol. The molecule has 18 nitrogen and oxygen atoms in total. The van der Waals surface area contributed by atoms with Crippen molar-refractivity contribution >= 4 is 23.9 Å². The third-order valence-electron chi connectivity index (χ3n) is 8.41. The van der Waals surface area contributed by atoms with Crippen LogP contribution in [0.3, 0.4) is 0 Å². The Labute approximate surface area is 342 Å². The van der Waals surface area contributed by atoms with Crippen LogP contribution in [-0.4, -0.2) is 106 Å². The number of hydrogen-bond acceptors (Lipinski definition) is 15. The number of carbonyl (C=O) groups is 4. The van der Waals surface area contributed by atoms with Gasteiger partial charge in [-0.3, -0.25) is 0 Å². The molecule has 1 heterocycles. The number of allylic oxidation sites excluding steroid dienone is 1. The maximum Gasteiger partial charge on any atom is 0.339 e. The lowest BCUT2D eigenvalue weighted by molar-refractivity contribution is 0.0116.